The molecule has 0 amide bonds. The van der Waals surface area contributed by atoms with Crippen molar-refractivity contribution in [3.05, 3.63) is 53.1 Å². The first kappa shape index (κ1) is 31.6. The third-order valence-corrected chi connectivity index (χ3v) is 11.0. The molecule has 0 aliphatic carbocycles. The molecule has 252 valence electrons. The van der Waals surface area contributed by atoms with Crippen LogP contribution in [-0.4, -0.2) is 76.9 Å². The van der Waals surface area contributed by atoms with Gasteiger partial charge in [0, 0.05) is 65.4 Å². The van der Waals surface area contributed by atoms with Crippen molar-refractivity contribution < 1.29 is 27.4 Å². The lowest BCUT2D eigenvalue weighted by Crippen LogP contribution is -2.58. The zero-order valence-corrected chi connectivity index (χ0v) is 27.7. The van der Waals surface area contributed by atoms with Gasteiger partial charge in [0.05, 0.1) is 11.1 Å². The Labute approximate surface area is 281 Å². The summed E-state index contributed by atoms with van der Waals surface area (Å²) in [4.78, 5) is 25.8. The van der Waals surface area contributed by atoms with Crippen molar-refractivity contribution in [2.24, 2.45) is 0 Å². The number of alkyl halides is 1. The highest BCUT2D eigenvalue weighted by Crippen LogP contribution is 2.44. The Morgan fingerprint density at radius 1 is 1.17 bits per heavy atom. The van der Waals surface area contributed by atoms with Gasteiger partial charge >= 0.3 is 12.0 Å². The van der Waals surface area contributed by atoms with Crippen molar-refractivity contribution >= 4 is 45.1 Å². The van der Waals surface area contributed by atoms with Crippen LogP contribution in [-0.2, 0) is 4.79 Å². The minimum absolute atomic E-state index is 0.0398. The van der Waals surface area contributed by atoms with Gasteiger partial charge in [0.15, 0.2) is 5.82 Å². The fourth-order valence-electron chi connectivity index (χ4n) is 8.48. The molecular formula is C36H37ClF3N5O3. The topological polar surface area (TPSA) is 79.8 Å². The summed E-state index contributed by atoms with van der Waals surface area (Å²) in [5, 5.41) is 5.14. The van der Waals surface area contributed by atoms with Crippen LogP contribution in [0.1, 0.15) is 52.4 Å². The molecule has 4 atom stereocenters. The predicted octanol–water partition coefficient (Wildman–Crippen LogP) is 6.98. The van der Waals surface area contributed by atoms with Gasteiger partial charge in [-0.05, 0) is 68.8 Å². The second-order valence-electron chi connectivity index (χ2n) is 14.1. The van der Waals surface area contributed by atoms with E-state index >= 15 is 8.78 Å². The molecule has 2 bridgehead atoms. The van der Waals surface area contributed by atoms with Crippen molar-refractivity contribution in [2.45, 2.75) is 75.7 Å². The van der Waals surface area contributed by atoms with Gasteiger partial charge in [-0.1, -0.05) is 30.7 Å². The highest BCUT2D eigenvalue weighted by molar-refractivity contribution is 6.36. The number of hydrogen-bond acceptors (Lipinski definition) is 8. The highest BCUT2D eigenvalue weighted by atomic mass is 35.5. The average molecular weight is 680 g/mol. The van der Waals surface area contributed by atoms with Gasteiger partial charge in [0.1, 0.15) is 35.7 Å². The number of benzene rings is 3. The van der Waals surface area contributed by atoms with Gasteiger partial charge in [0.25, 0.3) is 0 Å². The number of anilines is 1. The van der Waals surface area contributed by atoms with E-state index < -0.39 is 29.3 Å². The number of ether oxygens (including phenoxy) is 2. The lowest BCUT2D eigenvalue weighted by molar-refractivity contribution is -0.134. The molecule has 1 N–H and O–H groups in total. The fourth-order valence-corrected chi connectivity index (χ4v) is 8.76. The second-order valence-corrected chi connectivity index (χ2v) is 14.5. The van der Waals surface area contributed by atoms with Crippen LogP contribution in [0.15, 0.2) is 36.4 Å². The number of nitrogens with one attached hydrogen (secondary N) is 1. The molecule has 4 aliphatic heterocycles. The number of esters is 1. The summed E-state index contributed by atoms with van der Waals surface area (Å²) >= 11 is 6.63. The molecule has 4 aliphatic rings. The van der Waals surface area contributed by atoms with Crippen LogP contribution in [0.25, 0.3) is 32.8 Å². The van der Waals surface area contributed by atoms with Crippen LogP contribution < -0.4 is 19.7 Å². The number of nitrogens with zero attached hydrogens (tertiary/aromatic N) is 4. The summed E-state index contributed by atoms with van der Waals surface area (Å²) in [5.41, 5.74) is -0.959. The molecule has 0 saturated carbocycles. The number of carbonyl (C=O) groups is 1. The van der Waals surface area contributed by atoms with E-state index in [4.69, 9.17) is 26.1 Å². The first-order valence-corrected chi connectivity index (χ1v) is 17.1. The Hall–Kier alpha value is -3.67. The molecule has 4 saturated heterocycles. The van der Waals surface area contributed by atoms with Gasteiger partial charge < -0.3 is 19.7 Å². The zero-order chi connectivity index (χ0) is 33.4. The summed E-state index contributed by atoms with van der Waals surface area (Å²) in [6.45, 7) is 6.35. The van der Waals surface area contributed by atoms with Crippen LogP contribution in [0.5, 0.6) is 11.8 Å². The van der Waals surface area contributed by atoms with E-state index in [0.717, 1.165) is 32.2 Å². The van der Waals surface area contributed by atoms with Crippen molar-refractivity contribution in [3.8, 4) is 22.9 Å². The molecule has 3 aromatic carbocycles. The Morgan fingerprint density at radius 3 is 2.83 bits per heavy atom. The lowest BCUT2D eigenvalue weighted by atomic mass is 9.95. The number of halogens is 4. The van der Waals surface area contributed by atoms with Crippen molar-refractivity contribution in [1.29, 1.82) is 0 Å². The maximum atomic E-state index is 17.1. The van der Waals surface area contributed by atoms with E-state index in [1.165, 1.54) is 12.1 Å². The first-order chi connectivity index (χ1) is 23.0. The Morgan fingerprint density at radius 2 is 2.02 bits per heavy atom. The zero-order valence-electron chi connectivity index (χ0n) is 26.9. The quantitative estimate of drug-likeness (QED) is 0.166. The minimum atomic E-state index is -0.934. The number of hydrogen-bond donors (Lipinski definition) is 1. The second kappa shape index (κ2) is 11.7. The van der Waals surface area contributed by atoms with E-state index in [-0.39, 0.29) is 63.4 Å². The summed E-state index contributed by atoms with van der Waals surface area (Å²) in [7, 11) is 0. The summed E-state index contributed by atoms with van der Waals surface area (Å²) in [6.07, 6.45) is 3.26. The normalized spacial score (nSPS) is 26.8. The number of rotatable bonds is 7. The fraction of sp³-hybridized carbons (Fsp3) is 0.472. The number of fused-ring (bicyclic) bond motifs is 5. The largest absolute Gasteiger partial charge is 0.461 e. The van der Waals surface area contributed by atoms with Crippen LogP contribution in [0, 0.1) is 11.6 Å². The Kier molecular flexibility index (Phi) is 7.72. The molecule has 4 aromatic rings. The third-order valence-electron chi connectivity index (χ3n) is 10.6. The lowest BCUT2D eigenvalue weighted by Gasteiger charge is -2.40. The highest BCUT2D eigenvalue weighted by Gasteiger charge is 2.49. The first-order valence-electron chi connectivity index (χ1n) is 16.7. The van der Waals surface area contributed by atoms with Gasteiger partial charge in [-0.25, -0.2) is 13.2 Å². The summed E-state index contributed by atoms with van der Waals surface area (Å²) in [5.74, 6) is -1.69. The average Bonchev–Trinajstić information content (AvgIpc) is 3.67. The number of piperazine rings is 1. The van der Waals surface area contributed by atoms with Crippen molar-refractivity contribution in [3.63, 3.8) is 0 Å². The molecular weight excluding hydrogens is 643 g/mol. The number of carbonyl (C=O) groups excluding carboxylic acids is 1. The smallest absolute Gasteiger partial charge is 0.319 e. The standard InChI is InChI=1S/C36H37ClF3N5O3/c1-3-28(46)48-23-12-20-6-4-7-26(37)29(20)24(13-23)30-27(39)14-25-32(31(30)40)41-34(47-19-36-9-5-11-45(36)16-21(38)15-36)42-33(25)44-17-22-8-10-35(2,18-44)43-22/h4,6-7,12-14,21-22,43H,3,5,8-11,15-19H2,1-2H3/t21-,22-,35+,36?/m1/s1. The van der Waals surface area contributed by atoms with E-state index in [9.17, 15) is 9.18 Å². The molecule has 8 rings (SSSR count). The Balaban J connectivity index is 1.29. The minimum Gasteiger partial charge on any atom is -0.461 e. The third kappa shape index (κ3) is 5.34. The van der Waals surface area contributed by atoms with E-state index in [2.05, 4.69) is 27.0 Å². The summed E-state index contributed by atoms with van der Waals surface area (Å²) in [6, 6.07) is 9.60. The van der Waals surface area contributed by atoms with Gasteiger partial charge in [-0.2, -0.15) is 9.97 Å². The maximum Gasteiger partial charge on any atom is 0.319 e. The van der Waals surface area contributed by atoms with Crippen LogP contribution in [0.4, 0.5) is 19.0 Å². The van der Waals surface area contributed by atoms with E-state index in [0.29, 0.717) is 42.6 Å². The van der Waals surface area contributed by atoms with Crippen molar-refractivity contribution in [2.75, 3.05) is 37.7 Å². The molecule has 1 unspecified atom stereocenters. The SMILES string of the molecule is CCC(=O)Oc1cc(-c2c(F)cc3c(N4C[C@H]5CC[C@@](C)(C4)N5)nc(OCC45CCCN4C[C@H](F)C5)nc3c2F)c2c(Cl)cccc2c1. The molecule has 4 fully saturated rings. The van der Waals surface area contributed by atoms with Gasteiger partial charge in [-0.3, -0.25) is 9.69 Å². The molecule has 48 heavy (non-hydrogen) atoms. The van der Waals surface area contributed by atoms with Crippen LogP contribution in [0.2, 0.25) is 5.02 Å². The van der Waals surface area contributed by atoms with E-state index in [1.54, 1.807) is 31.2 Å². The maximum absolute atomic E-state index is 17.1. The molecule has 0 spiro atoms. The van der Waals surface area contributed by atoms with E-state index in [1.807, 2.05) is 0 Å². The summed E-state index contributed by atoms with van der Waals surface area (Å²) < 4.78 is 59.8. The number of aromatic nitrogens is 2. The Bertz CT molecular complexity index is 1960. The van der Waals surface area contributed by atoms with Crippen LogP contribution in [0.3, 0.4) is 0 Å². The van der Waals surface area contributed by atoms with Gasteiger partial charge in [-0.15, -0.1) is 0 Å². The molecule has 8 nitrogen and oxygen atoms in total. The van der Waals surface area contributed by atoms with Gasteiger partial charge in [0.2, 0.25) is 0 Å². The monoisotopic (exact) mass is 679 g/mol. The molecule has 1 aromatic heterocycles. The predicted molar refractivity (Wildman–Crippen MR) is 179 cm³/mol. The van der Waals surface area contributed by atoms with Crippen molar-refractivity contribution in [1.82, 2.24) is 20.2 Å². The molecule has 0 radical (unpaired) electrons. The molecule has 12 heteroatoms. The molecule has 5 heterocycles. The van der Waals surface area contributed by atoms with Crippen LogP contribution >= 0.6 is 11.6 Å².